The highest BCUT2D eigenvalue weighted by Gasteiger charge is 2.09. The van der Waals surface area contributed by atoms with Crippen molar-refractivity contribution in [3.05, 3.63) is 22.5 Å². The van der Waals surface area contributed by atoms with Crippen LogP contribution >= 0.6 is 0 Å². The van der Waals surface area contributed by atoms with E-state index >= 15 is 0 Å². The second-order valence-electron chi connectivity index (χ2n) is 4.32. The van der Waals surface area contributed by atoms with Gasteiger partial charge in [0.05, 0.1) is 4.92 Å². The molecule has 6 nitrogen and oxygen atoms in total. The van der Waals surface area contributed by atoms with Crippen molar-refractivity contribution in [2.24, 2.45) is 5.92 Å². The molecule has 0 fully saturated rings. The van der Waals surface area contributed by atoms with Gasteiger partial charge in [0, 0.05) is 6.54 Å². The van der Waals surface area contributed by atoms with Gasteiger partial charge in [-0.1, -0.05) is 33.1 Å². The van der Waals surface area contributed by atoms with Crippen LogP contribution in [-0.2, 0) is 0 Å². The maximum atomic E-state index is 10.4. The molecule has 0 radical (unpaired) electrons. The van der Waals surface area contributed by atoms with Crippen LogP contribution in [-0.4, -0.2) is 21.4 Å². The SMILES string of the molecule is CCCCC(CC)CNc1ncc([N+](=O)[O-])cn1. The van der Waals surface area contributed by atoms with E-state index in [2.05, 4.69) is 29.1 Å². The maximum absolute atomic E-state index is 10.4. The molecule has 1 N–H and O–H groups in total. The minimum Gasteiger partial charge on any atom is -0.354 e. The molecule has 0 saturated heterocycles. The van der Waals surface area contributed by atoms with E-state index in [-0.39, 0.29) is 5.69 Å². The Balaban J connectivity index is 2.44. The third-order valence-corrected chi connectivity index (χ3v) is 2.94. The van der Waals surface area contributed by atoms with Crippen LogP contribution in [0.15, 0.2) is 12.4 Å². The minimum atomic E-state index is -0.500. The maximum Gasteiger partial charge on any atom is 0.305 e. The quantitative estimate of drug-likeness (QED) is 0.568. The first-order valence-corrected chi connectivity index (χ1v) is 6.37. The second-order valence-corrected chi connectivity index (χ2v) is 4.32. The number of nitrogens with zero attached hydrogens (tertiary/aromatic N) is 3. The number of aromatic nitrogens is 2. The number of rotatable bonds is 8. The molecule has 1 heterocycles. The van der Waals surface area contributed by atoms with Crippen molar-refractivity contribution in [2.45, 2.75) is 39.5 Å². The van der Waals surface area contributed by atoms with Gasteiger partial charge in [-0.3, -0.25) is 10.1 Å². The molecule has 1 rings (SSSR count). The van der Waals surface area contributed by atoms with E-state index in [0.717, 1.165) is 13.0 Å². The Bertz CT molecular complexity index is 367. The Morgan fingerprint density at radius 3 is 2.56 bits per heavy atom. The van der Waals surface area contributed by atoms with E-state index in [9.17, 15) is 10.1 Å². The van der Waals surface area contributed by atoms with Crippen LogP contribution in [0.25, 0.3) is 0 Å². The summed E-state index contributed by atoms with van der Waals surface area (Å²) in [6.07, 6.45) is 7.17. The van der Waals surface area contributed by atoms with Crippen molar-refractivity contribution in [1.29, 1.82) is 0 Å². The summed E-state index contributed by atoms with van der Waals surface area (Å²) >= 11 is 0. The van der Waals surface area contributed by atoms with E-state index in [4.69, 9.17) is 0 Å². The summed E-state index contributed by atoms with van der Waals surface area (Å²) in [5.41, 5.74) is -0.0847. The molecule has 1 aromatic heterocycles. The Hall–Kier alpha value is -1.72. The van der Waals surface area contributed by atoms with Gasteiger partial charge in [0.15, 0.2) is 0 Å². The fourth-order valence-corrected chi connectivity index (χ4v) is 1.69. The summed E-state index contributed by atoms with van der Waals surface area (Å²) in [6, 6.07) is 0. The van der Waals surface area contributed by atoms with Gasteiger partial charge in [0.2, 0.25) is 5.95 Å². The number of anilines is 1. The summed E-state index contributed by atoms with van der Waals surface area (Å²) in [6.45, 7) is 5.16. The molecule has 0 bridgehead atoms. The van der Waals surface area contributed by atoms with E-state index in [1.165, 1.54) is 31.7 Å². The first-order valence-electron chi connectivity index (χ1n) is 6.37. The summed E-state index contributed by atoms with van der Waals surface area (Å²) in [5.74, 6) is 1.05. The van der Waals surface area contributed by atoms with Crippen molar-refractivity contribution < 1.29 is 4.92 Å². The zero-order chi connectivity index (χ0) is 13.4. The van der Waals surface area contributed by atoms with Gasteiger partial charge in [0.1, 0.15) is 12.4 Å². The van der Waals surface area contributed by atoms with Crippen molar-refractivity contribution >= 4 is 11.6 Å². The average molecular weight is 252 g/mol. The lowest BCUT2D eigenvalue weighted by Gasteiger charge is -2.14. The van der Waals surface area contributed by atoms with Gasteiger partial charge in [-0.2, -0.15) is 0 Å². The second kappa shape index (κ2) is 7.58. The van der Waals surface area contributed by atoms with E-state index in [1.807, 2.05) is 0 Å². The largest absolute Gasteiger partial charge is 0.354 e. The van der Waals surface area contributed by atoms with Crippen LogP contribution in [0.3, 0.4) is 0 Å². The zero-order valence-electron chi connectivity index (χ0n) is 10.9. The molecular weight excluding hydrogens is 232 g/mol. The molecule has 1 aromatic rings. The molecule has 0 saturated carbocycles. The van der Waals surface area contributed by atoms with Gasteiger partial charge in [-0.15, -0.1) is 0 Å². The summed E-state index contributed by atoms with van der Waals surface area (Å²) in [4.78, 5) is 17.8. The van der Waals surface area contributed by atoms with Crippen LogP contribution in [0.4, 0.5) is 11.6 Å². The van der Waals surface area contributed by atoms with Crippen LogP contribution in [0.2, 0.25) is 0 Å². The molecule has 18 heavy (non-hydrogen) atoms. The molecule has 0 aromatic carbocycles. The molecule has 1 unspecified atom stereocenters. The number of hydrogen-bond donors (Lipinski definition) is 1. The number of nitrogens with one attached hydrogen (secondary N) is 1. The average Bonchev–Trinajstić information content (AvgIpc) is 2.39. The van der Waals surface area contributed by atoms with Gasteiger partial charge in [-0.05, 0) is 12.3 Å². The molecule has 1 atom stereocenters. The molecule has 0 aliphatic heterocycles. The Labute approximate surface area is 107 Å². The number of unbranched alkanes of at least 4 members (excludes halogenated alkanes) is 1. The fourth-order valence-electron chi connectivity index (χ4n) is 1.69. The predicted molar refractivity (Wildman–Crippen MR) is 70.5 cm³/mol. The molecule has 100 valence electrons. The van der Waals surface area contributed by atoms with Crippen LogP contribution in [0, 0.1) is 16.0 Å². The molecule has 0 aliphatic carbocycles. The summed E-state index contributed by atoms with van der Waals surface area (Å²) in [5, 5.41) is 13.6. The van der Waals surface area contributed by atoms with Crippen molar-refractivity contribution in [1.82, 2.24) is 9.97 Å². The number of hydrogen-bond acceptors (Lipinski definition) is 5. The lowest BCUT2D eigenvalue weighted by Crippen LogP contribution is -2.15. The fraction of sp³-hybridized carbons (Fsp3) is 0.667. The highest BCUT2D eigenvalue weighted by atomic mass is 16.6. The molecule has 0 aliphatic rings. The van der Waals surface area contributed by atoms with Crippen LogP contribution < -0.4 is 5.32 Å². The Morgan fingerprint density at radius 2 is 2.06 bits per heavy atom. The van der Waals surface area contributed by atoms with Crippen LogP contribution in [0.1, 0.15) is 39.5 Å². The molecule has 0 amide bonds. The first kappa shape index (κ1) is 14.3. The van der Waals surface area contributed by atoms with Gasteiger partial charge >= 0.3 is 5.69 Å². The highest BCUT2D eigenvalue weighted by Crippen LogP contribution is 2.14. The Morgan fingerprint density at radius 1 is 1.39 bits per heavy atom. The first-order chi connectivity index (χ1) is 8.67. The number of nitro groups is 1. The molecular formula is C12H20N4O2. The molecule has 0 spiro atoms. The third-order valence-electron chi connectivity index (χ3n) is 2.94. The monoisotopic (exact) mass is 252 g/mol. The van der Waals surface area contributed by atoms with Gasteiger partial charge < -0.3 is 5.32 Å². The zero-order valence-corrected chi connectivity index (χ0v) is 10.9. The molecule has 6 heteroatoms. The normalized spacial score (nSPS) is 12.1. The Kier molecular flexibility index (Phi) is 6.04. The van der Waals surface area contributed by atoms with Gasteiger partial charge in [0.25, 0.3) is 0 Å². The van der Waals surface area contributed by atoms with Crippen LogP contribution in [0.5, 0.6) is 0 Å². The van der Waals surface area contributed by atoms with Crippen molar-refractivity contribution in [3.8, 4) is 0 Å². The topological polar surface area (TPSA) is 81.0 Å². The smallest absolute Gasteiger partial charge is 0.305 e. The van der Waals surface area contributed by atoms with E-state index < -0.39 is 4.92 Å². The summed E-state index contributed by atoms with van der Waals surface area (Å²) in [7, 11) is 0. The van der Waals surface area contributed by atoms with E-state index in [0.29, 0.717) is 11.9 Å². The standard InChI is InChI=1S/C12H20N4O2/c1-3-5-6-10(4-2)7-13-12-14-8-11(9-15-12)16(17)18/h8-10H,3-7H2,1-2H3,(H,13,14,15). The lowest BCUT2D eigenvalue weighted by atomic mass is 9.99. The highest BCUT2D eigenvalue weighted by molar-refractivity contribution is 5.30. The van der Waals surface area contributed by atoms with Gasteiger partial charge in [-0.25, -0.2) is 9.97 Å². The van der Waals surface area contributed by atoms with Crippen molar-refractivity contribution in [2.75, 3.05) is 11.9 Å². The third kappa shape index (κ3) is 4.65. The predicted octanol–water partition coefficient (Wildman–Crippen LogP) is 3.01. The van der Waals surface area contributed by atoms with Crippen molar-refractivity contribution in [3.63, 3.8) is 0 Å². The lowest BCUT2D eigenvalue weighted by molar-refractivity contribution is -0.385. The minimum absolute atomic E-state index is 0.0847. The summed E-state index contributed by atoms with van der Waals surface area (Å²) < 4.78 is 0. The van der Waals surface area contributed by atoms with E-state index in [1.54, 1.807) is 0 Å².